The number of anilines is 2. The van der Waals surface area contributed by atoms with Gasteiger partial charge in [0.25, 0.3) is 5.91 Å². The van der Waals surface area contributed by atoms with Crippen molar-refractivity contribution < 1.29 is 19.1 Å². The van der Waals surface area contributed by atoms with Gasteiger partial charge < -0.3 is 15.0 Å². The van der Waals surface area contributed by atoms with Gasteiger partial charge in [0.2, 0.25) is 5.91 Å². The van der Waals surface area contributed by atoms with Crippen LogP contribution >= 0.6 is 0 Å². The van der Waals surface area contributed by atoms with Crippen molar-refractivity contribution in [2.45, 2.75) is 26.7 Å². The third-order valence-corrected chi connectivity index (χ3v) is 4.88. The van der Waals surface area contributed by atoms with Crippen LogP contribution in [0.1, 0.15) is 24.5 Å². The zero-order valence-corrected chi connectivity index (χ0v) is 16.1. The molecule has 2 aromatic rings. The van der Waals surface area contributed by atoms with Crippen LogP contribution in [-0.2, 0) is 25.5 Å². The van der Waals surface area contributed by atoms with Gasteiger partial charge in [0.05, 0.1) is 5.92 Å². The fraction of sp³-hybridized carbons (Fsp3) is 0.318. The van der Waals surface area contributed by atoms with E-state index in [1.54, 1.807) is 4.90 Å². The molecule has 0 spiro atoms. The summed E-state index contributed by atoms with van der Waals surface area (Å²) in [7, 11) is 0. The molecule has 28 heavy (non-hydrogen) atoms. The van der Waals surface area contributed by atoms with Crippen molar-refractivity contribution in [1.29, 1.82) is 0 Å². The molecule has 0 aliphatic carbocycles. The van der Waals surface area contributed by atoms with Crippen LogP contribution in [0.4, 0.5) is 11.4 Å². The molecular formula is C22H24N2O4. The Kier molecular flexibility index (Phi) is 6.09. The van der Waals surface area contributed by atoms with Crippen LogP contribution in [0.2, 0.25) is 0 Å². The second-order valence-electron chi connectivity index (χ2n) is 6.86. The largest absolute Gasteiger partial charge is 0.455 e. The minimum absolute atomic E-state index is 0.0904. The predicted molar refractivity (Wildman–Crippen MR) is 107 cm³/mol. The molecule has 6 nitrogen and oxygen atoms in total. The van der Waals surface area contributed by atoms with Gasteiger partial charge >= 0.3 is 5.97 Å². The SMILES string of the molecule is CCc1cccc(C)c1NC(=O)COC(=O)C1CC(=O)N(c2ccccc2)C1. The lowest BCUT2D eigenvalue weighted by atomic mass is 10.1. The van der Waals surface area contributed by atoms with E-state index < -0.39 is 11.9 Å². The molecule has 146 valence electrons. The van der Waals surface area contributed by atoms with Crippen molar-refractivity contribution in [2.75, 3.05) is 23.4 Å². The topological polar surface area (TPSA) is 75.7 Å². The third-order valence-electron chi connectivity index (χ3n) is 4.88. The minimum Gasteiger partial charge on any atom is -0.455 e. The van der Waals surface area contributed by atoms with E-state index >= 15 is 0 Å². The van der Waals surface area contributed by atoms with Gasteiger partial charge in [0, 0.05) is 24.3 Å². The maximum atomic E-state index is 12.3. The number of ether oxygens (including phenoxy) is 1. The van der Waals surface area contributed by atoms with Gasteiger partial charge in [-0.3, -0.25) is 14.4 Å². The van der Waals surface area contributed by atoms with E-state index in [4.69, 9.17) is 4.74 Å². The number of aryl methyl sites for hydroxylation is 2. The molecule has 0 saturated carbocycles. The number of rotatable bonds is 6. The van der Waals surface area contributed by atoms with E-state index in [1.807, 2.05) is 62.4 Å². The zero-order valence-electron chi connectivity index (χ0n) is 16.1. The fourth-order valence-electron chi connectivity index (χ4n) is 3.35. The van der Waals surface area contributed by atoms with E-state index in [0.717, 1.165) is 28.9 Å². The highest BCUT2D eigenvalue weighted by molar-refractivity contribution is 6.00. The van der Waals surface area contributed by atoms with E-state index in [1.165, 1.54) is 0 Å². The average Bonchev–Trinajstić information content (AvgIpc) is 3.10. The van der Waals surface area contributed by atoms with Crippen LogP contribution in [0.15, 0.2) is 48.5 Å². The molecule has 1 unspecified atom stereocenters. The van der Waals surface area contributed by atoms with Gasteiger partial charge in [-0.05, 0) is 36.6 Å². The predicted octanol–water partition coefficient (Wildman–Crippen LogP) is 3.09. The maximum absolute atomic E-state index is 12.3. The highest BCUT2D eigenvalue weighted by Crippen LogP contribution is 2.25. The second kappa shape index (κ2) is 8.69. The fourth-order valence-corrected chi connectivity index (χ4v) is 3.35. The summed E-state index contributed by atoms with van der Waals surface area (Å²) in [5, 5.41) is 2.83. The van der Waals surface area contributed by atoms with Crippen molar-refractivity contribution in [3.05, 3.63) is 59.7 Å². The Bertz CT molecular complexity index is 879. The number of hydrogen-bond donors (Lipinski definition) is 1. The van der Waals surface area contributed by atoms with Crippen molar-refractivity contribution in [2.24, 2.45) is 5.92 Å². The first-order valence-corrected chi connectivity index (χ1v) is 9.40. The second-order valence-corrected chi connectivity index (χ2v) is 6.86. The maximum Gasteiger partial charge on any atom is 0.311 e. The molecular weight excluding hydrogens is 356 g/mol. The van der Waals surface area contributed by atoms with Gasteiger partial charge in [-0.2, -0.15) is 0 Å². The molecule has 3 rings (SSSR count). The van der Waals surface area contributed by atoms with E-state index in [0.29, 0.717) is 0 Å². The van der Waals surface area contributed by atoms with Crippen LogP contribution in [0.5, 0.6) is 0 Å². The highest BCUT2D eigenvalue weighted by atomic mass is 16.5. The number of hydrogen-bond acceptors (Lipinski definition) is 4. The quantitative estimate of drug-likeness (QED) is 0.782. The lowest BCUT2D eigenvalue weighted by Gasteiger charge is -2.16. The zero-order chi connectivity index (χ0) is 20.1. The Morgan fingerprint density at radius 1 is 1.14 bits per heavy atom. The number of carbonyl (C=O) groups is 3. The van der Waals surface area contributed by atoms with Crippen molar-refractivity contribution in [3.63, 3.8) is 0 Å². The van der Waals surface area contributed by atoms with E-state index in [9.17, 15) is 14.4 Å². The summed E-state index contributed by atoms with van der Waals surface area (Å²) in [6.45, 7) is 3.83. The van der Waals surface area contributed by atoms with Crippen LogP contribution < -0.4 is 10.2 Å². The van der Waals surface area contributed by atoms with E-state index in [-0.39, 0.29) is 31.4 Å². The molecule has 2 amide bonds. The molecule has 1 N–H and O–H groups in total. The Labute approximate surface area is 164 Å². The van der Waals surface area contributed by atoms with E-state index in [2.05, 4.69) is 5.32 Å². The first kappa shape index (κ1) is 19.6. The van der Waals surface area contributed by atoms with Gasteiger partial charge in [-0.25, -0.2) is 0 Å². The average molecular weight is 380 g/mol. The molecule has 0 radical (unpaired) electrons. The smallest absolute Gasteiger partial charge is 0.311 e. The number of benzene rings is 2. The summed E-state index contributed by atoms with van der Waals surface area (Å²) >= 11 is 0. The first-order valence-electron chi connectivity index (χ1n) is 9.40. The first-order chi connectivity index (χ1) is 13.5. The number of carbonyl (C=O) groups excluding carboxylic acids is 3. The van der Waals surface area contributed by atoms with Crippen LogP contribution in [-0.4, -0.2) is 30.9 Å². The van der Waals surface area contributed by atoms with Gasteiger partial charge in [-0.15, -0.1) is 0 Å². The summed E-state index contributed by atoms with van der Waals surface area (Å²) < 4.78 is 5.18. The summed E-state index contributed by atoms with van der Waals surface area (Å²) in [6.07, 6.45) is 0.879. The Morgan fingerprint density at radius 3 is 2.61 bits per heavy atom. The van der Waals surface area contributed by atoms with Gasteiger partial charge in [-0.1, -0.05) is 43.3 Å². The summed E-state index contributed by atoms with van der Waals surface area (Å²) in [5.74, 6) is -1.60. The monoisotopic (exact) mass is 380 g/mol. The standard InChI is InChI=1S/C22H24N2O4/c1-3-16-9-7-8-15(2)21(16)23-19(25)14-28-22(27)17-12-20(26)24(13-17)18-10-5-4-6-11-18/h4-11,17H,3,12-14H2,1-2H3,(H,23,25). The Hall–Kier alpha value is -3.15. The lowest BCUT2D eigenvalue weighted by Crippen LogP contribution is -2.28. The van der Waals surface area contributed by atoms with Crippen LogP contribution in [0.25, 0.3) is 0 Å². The number of nitrogens with one attached hydrogen (secondary N) is 1. The van der Waals surface area contributed by atoms with Crippen molar-refractivity contribution >= 4 is 29.2 Å². The molecule has 1 aliphatic rings. The molecule has 2 aromatic carbocycles. The van der Waals surface area contributed by atoms with Crippen molar-refractivity contribution in [3.8, 4) is 0 Å². The Morgan fingerprint density at radius 2 is 1.89 bits per heavy atom. The number of amides is 2. The molecule has 1 heterocycles. The summed E-state index contributed by atoms with van der Waals surface area (Å²) in [6, 6.07) is 15.0. The Balaban J connectivity index is 1.55. The number of nitrogens with zero attached hydrogens (tertiary/aromatic N) is 1. The summed E-state index contributed by atoms with van der Waals surface area (Å²) in [4.78, 5) is 38.4. The molecule has 0 bridgehead atoms. The van der Waals surface area contributed by atoms with Crippen LogP contribution in [0, 0.1) is 12.8 Å². The third kappa shape index (κ3) is 4.39. The molecule has 1 fully saturated rings. The summed E-state index contributed by atoms with van der Waals surface area (Å²) in [5.41, 5.74) is 3.50. The van der Waals surface area contributed by atoms with Gasteiger partial charge in [0.15, 0.2) is 6.61 Å². The molecule has 1 aliphatic heterocycles. The molecule has 1 saturated heterocycles. The van der Waals surface area contributed by atoms with Crippen LogP contribution in [0.3, 0.4) is 0 Å². The molecule has 6 heteroatoms. The number of para-hydroxylation sites is 2. The lowest BCUT2D eigenvalue weighted by molar-refractivity contribution is -0.151. The minimum atomic E-state index is -0.565. The molecule has 0 aromatic heterocycles. The number of esters is 1. The van der Waals surface area contributed by atoms with Gasteiger partial charge in [0.1, 0.15) is 0 Å². The highest BCUT2D eigenvalue weighted by Gasteiger charge is 2.36. The van der Waals surface area contributed by atoms with Crippen molar-refractivity contribution in [1.82, 2.24) is 0 Å². The normalized spacial score (nSPS) is 16.1. The molecule has 1 atom stereocenters.